The standard InChI is InChI=1S/C13H12N2S/c1-10-4-2-5-11(8-10)13-15-12(9-16-13)6-3-7-14/h2,4-5,8-9H,3,6H2,1H3. The average Bonchev–Trinajstić information content (AvgIpc) is 2.75. The molecule has 0 spiro atoms. The Bertz CT molecular complexity index is 523. The van der Waals surface area contributed by atoms with E-state index in [1.165, 1.54) is 5.56 Å². The molecule has 80 valence electrons. The number of thiazole rings is 1. The Kier molecular flexibility index (Phi) is 3.33. The second-order valence-corrected chi connectivity index (χ2v) is 4.53. The highest BCUT2D eigenvalue weighted by Gasteiger charge is 2.04. The topological polar surface area (TPSA) is 36.7 Å². The van der Waals surface area contributed by atoms with Gasteiger partial charge in [-0.15, -0.1) is 11.3 Å². The minimum absolute atomic E-state index is 0.539. The van der Waals surface area contributed by atoms with Gasteiger partial charge in [-0.25, -0.2) is 4.98 Å². The zero-order chi connectivity index (χ0) is 11.4. The van der Waals surface area contributed by atoms with Gasteiger partial charge in [0.05, 0.1) is 11.8 Å². The van der Waals surface area contributed by atoms with Crippen LogP contribution in [-0.2, 0) is 6.42 Å². The van der Waals surface area contributed by atoms with E-state index >= 15 is 0 Å². The molecule has 1 aromatic heterocycles. The molecule has 0 aliphatic carbocycles. The molecule has 16 heavy (non-hydrogen) atoms. The highest BCUT2D eigenvalue weighted by Crippen LogP contribution is 2.24. The second kappa shape index (κ2) is 4.91. The molecule has 2 aromatic rings. The van der Waals surface area contributed by atoms with Crippen molar-refractivity contribution in [2.75, 3.05) is 0 Å². The third kappa shape index (κ3) is 2.47. The molecule has 0 aliphatic heterocycles. The molecule has 2 nitrogen and oxygen atoms in total. The second-order valence-electron chi connectivity index (χ2n) is 3.67. The normalized spacial score (nSPS) is 10.0. The van der Waals surface area contributed by atoms with Crippen LogP contribution < -0.4 is 0 Å². The number of nitriles is 1. The van der Waals surface area contributed by atoms with Gasteiger partial charge < -0.3 is 0 Å². The maximum absolute atomic E-state index is 8.51. The Labute approximate surface area is 99.2 Å². The van der Waals surface area contributed by atoms with E-state index in [4.69, 9.17) is 5.26 Å². The molecule has 0 amide bonds. The van der Waals surface area contributed by atoms with Crippen LogP contribution in [0.4, 0.5) is 0 Å². The number of aryl methyl sites for hydroxylation is 2. The van der Waals surface area contributed by atoms with Crippen LogP contribution in [-0.4, -0.2) is 4.98 Å². The Hall–Kier alpha value is -1.66. The first kappa shape index (κ1) is 10.8. The predicted octanol–water partition coefficient (Wildman–Crippen LogP) is 3.57. The fourth-order valence-corrected chi connectivity index (χ4v) is 2.37. The maximum Gasteiger partial charge on any atom is 0.123 e. The molecule has 0 radical (unpaired) electrons. The first-order valence-corrected chi connectivity index (χ1v) is 6.06. The number of hydrogen-bond donors (Lipinski definition) is 0. The molecule has 3 heteroatoms. The summed E-state index contributed by atoms with van der Waals surface area (Å²) >= 11 is 1.64. The van der Waals surface area contributed by atoms with Crippen molar-refractivity contribution in [1.29, 1.82) is 5.26 Å². The van der Waals surface area contributed by atoms with Crippen molar-refractivity contribution in [1.82, 2.24) is 4.98 Å². The molecule has 0 aliphatic rings. The maximum atomic E-state index is 8.51. The molecule has 0 bridgehead atoms. The van der Waals surface area contributed by atoms with Crippen LogP contribution in [0, 0.1) is 18.3 Å². The van der Waals surface area contributed by atoms with E-state index in [1.807, 2.05) is 11.4 Å². The highest BCUT2D eigenvalue weighted by molar-refractivity contribution is 7.13. The summed E-state index contributed by atoms with van der Waals surface area (Å²) in [6.45, 7) is 2.08. The number of rotatable bonds is 3. The van der Waals surface area contributed by atoms with Crippen molar-refractivity contribution in [3.63, 3.8) is 0 Å². The molecular weight excluding hydrogens is 216 g/mol. The summed E-state index contributed by atoms with van der Waals surface area (Å²) in [5, 5.41) is 11.6. The Morgan fingerprint density at radius 2 is 2.31 bits per heavy atom. The Morgan fingerprint density at radius 3 is 3.06 bits per heavy atom. The van der Waals surface area contributed by atoms with Gasteiger partial charge in [-0.2, -0.15) is 5.26 Å². The van der Waals surface area contributed by atoms with Crippen LogP contribution in [0.3, 0.4) is 0 Å². The van der Waals surface area contributed by atoms with Crippen LogP contribution >= 0.6 is 11.3 Å². The number of aromatic nitrogens is 1. The largest absolute Gasteiger partial charge is 0.241 e. The summed E-state index contributed by atoms with van der Waals surface area (Å²) in [6.07, 6.45) is 1.29. The van der Waals surface area contributed by atoms with Crippen molar-refractivity contribution in [2.24, 2.45) is 0 Å². The molecular formula is C13H12N2S. The van der Waals surface area contributed by atoms with Crippen LogP contribution in [0.2, 0.25) is 0 Å². The van der Waals surface area contributed by atoms with Crippen LogP contribution in [0.1, 0.15) is 17.7 Å². The van der Waals surface area contributed by atoms with Gasteiger partial charge in [0.2, 0.25) is 0 Å². The van der Waals surface area contributed by atoms with E-state index in [9.17, 15) is 0 Å². The van der Waals surface area contributed by atoms with E-state index in [-0.39, 0.29) is 0 Å². The van der Waals surface area contributed by atoms with Crippen molar-refractivity contribution < 1.29 is 0 Å². The Morgan fingerprint density at radius 1 is 1.44 bits per heavy atom. The SMILES string of the molecule is Cc1cccc(-c2nc(CCC#N)cs2)c1. The van der Waals surface area contributed by atoms with Crippen LogP contribution in [0.25, 0.3) is 10.6 Å². The highest BCUT2D eigenvalue weighted by atomic mass is 32.1. The smallest absolute Gasteiger partial charge is 0.123 e. The number of hydrogen-bond acceptors (Lipinski definition) is 3. The van der Waals surface area contributed by atoms with E-state index in [1.54, 1.807) is 11.3 Å². The molecule has 2 rings (SSSR count). The lowest BCUT2D eigenvalue weighted by Crippen LogP contribution is -1.84. The van der Waals surface area contributed by atoms with E-state index in [0.717, 1.165) is 22.7 Å². The van der Waals surface area contributed by atoms with E-state index in [0.29, 0.717) is 6.42 Å². The minimum atomic E-state index is 0.539. The lowest BCUT2D eigenvalue weighted by Gasteiger charge is -1.97. The predicted molar refractivity (Wildman–Crippen MR) is 66.2 cm³/mol. The van der Waals surface area contributed by atoms with Gasteiger partial charge in [-0.3, -0.25) is 0 Å². The van der Waals surface area contributed by atoms with Gasteiger partial charge >= 0.3 is 0 Å². The van der Waals surface area contributed by atoms with Gasteiger partial charge in [0, 0.05) is 23.8 Å². The van der Waals surface area contributed by atoms with Gasteiger partial charge in [0.15, 0.2) is 0 Å². The first-order chi connectivity index (χ1) is 7.79. The fraction of sp³-hybridized carbons (Fsp3) is 0.231. The molecule has 0 fully saturated rings. The van der Waals surface area contributed by atoms with Crippen molar-refractivity contribution in [3.05, 3.63) is 40.9 Å². The van der Waals surface area contributed by atoms with E-state index in [2.05, 4.69) is 36.2 Å². The summed E-state index contributed by atoms with van der Waals surface area (Å²) in [4.78, 5) is 4.53. The zero-order valence-corrected chi connectivity index (χ0v) is 9.92. The molecule has 1 aromatic carbocycles. The monoisotopic (exact) mass is 228 g/mol. The number of benzene rings is 1. The van der Waals surface area contributed by atoms with Crippen molar-refractivity contribution in [3.8, 4) is 16.6 Å². The third-order valence-corrected chi connectivity index (χ3v) is 3.25. The summed E-state index contributed by atoms with van der Waals surface area (Å²) in [6, 6.07) is 10.5. The molecule has 0 saturated heterocycles. The summed E-state index contributed by atoms with van der Waals surface area (Å²) in [5.41, 5.74) is 3.42. The van der Waals surface area contributed by atoms with Gasteiger partial charge in [-0.05, 0) is 13.0 Å². The quantitative estimate of drug-likeness (QED) is 0.805. The van der Waals surface area contributed by atoms with Gasteiger partial charge in [-0.1, -0.05) is 23.8 Å². The summed E-state index contributed by atoms with van der Waals surface area (Å²) < 4.78 is 0. The lowest BCUT2D eigenvalue weighted by atomic mass is 10.1. The Balaban J connectivity index is 2.22. The van der Waals surface area contributed by atoms with Gasteiger partial charge in [0.25, 0.3) is 0 Å². The van der Waals surface area contributed by atoms with E-state index < -0.39 is 0 Å². The van der Waals surface area contributed by atoms with Gasteiger partial charge in [0.1, 0.15) is 5.01 Å². The minimum Gasteiger partial charge on any atom is -0.241 e. The molecule has 0 unspecified atom stereocenters. The molecule has 1 heterocycles. The average molecular weight is 228 g/mol. The third-order valence-electron chi connectivity index (χ3n) is 2.31. The molecule has 0 atom stereocenters. The summed E-state index contributed by atoms with van der Waals surface area (Å²) in [7, 11) is 0. The number of nitrogens with zero attached hydrogens (tertiary/aromatic N) is 2. The summed E-state index contributed by atoms with van der Waals surface area (Å²) in [5.74, 6) is 0. The van der Waals surface area contributed by atoms with Crippen molar-refractivity contribution in [2.45, 2.75) is 19.8 Å². The zero-order valence-electron chi connectivity index (χ0n) is 9.10. The van der Waals surface area contributed by atoms with Crippen LogP contribution in [0.5, 0.6) is 0 Å². The molecule has 0 N–H and O–H groups in total. The van der Waals surface area contributed by atoms with Crippen LogP contribution in [0.15, 0.2) is 29.6 Å². The lowest BCUT2D eigenvalue weighted by molar-refractivity contribution is 0.969. The van der Waals surface area contributed by atoms with Crippen molar-refractivity contribution >= 4 is 11.3 Å². The fourth-order valence-electron chi connectivity index (χ4n) is 1.52. The molecule has 0 saturated carbocycles. The first-order valence-electron chi connectivity index (χ1n) is 5.18.